The minimum atomic E-state index is -0.375. The van der Waals surface area contributed by atoms with Gasteiger partial charge in [0.2, 0.25) is 0 Å². The molecule has 4 heteroatoms. The van der Waals surface area contributed by atoms with Gasteiger partial charge in [0.05, 0.1) is 5.56 Å². The van der Waals surface area contributed by atoms with Crippen LogP contribution < -0.4 is 4.74 Å². The standard InChI is InChI=1S/C15H10FNO2/c1-10-2-4-13(7-14(10)16)19-15-5-3-11(9-18)6-12(15)8-17/h2-7,9H,1H3. The second-order valence-corrected chi connectivity index (χ2v) is 4.00. The number of hydrogen-bond acceptors (Lipinski definition) is 3. The molecule has 94 valence electrons. The van der Waals surface area contributed by atoms with E-state index in [1.54, 1.807) is 19.1 Å². The molecule has 0 unspecified atom stereocenters. The fourth-order valence-electron chi connectivity index (χ4n) is 1.56. The minimum Gasteiger partial charge on any atom is -0.456 e. The summed E-state index contributed by atoms with van der Waals surface area (Å²) in [4.78, 5) is 10.6. The largest absolute Gasteiger partial charge is 0.456 e. The maximum Gasteiger partial charge on any atom is 0.150 e. The van der Waals surface area contributed by atoms with E-state index < -0.39 is 0 Å². The predicted octanol–water partition coefficient (Wildman–Crippen LogP) is 3.61. The van der Waals surface area contributed by atoms with Crippen molar-refractivity contribution in [3.8, 4) is 17.6 Å². The van der Waals surface area contributed by atoms with Crippen LogP contribution in [-0.2, 0) is 0 Å². The first-order valence-corrected chi connectivity index (χ1v) is 5.57. The van der Waals surface area contributed by atoms with E-state index in [1.807, 2.05) is 6.07 Å². The van der Waals surface area contributed by atoms with Gasteiger partial charge in [-0.05, 0) is 36.8 Å². The predicted molar refractivity (Wildman–Crippen MR) is 67.8 cm³/mol. The van der Waals surface area contributed by atoms with Crippen molar-refractivity contribution in [2.75, 3.05) is 0 Å². The molecule has 0 heterocycles. The van der Waals surface area contributed by atoms with Gasteiger partial charge in [-0.3, -0.25) is 4.79 Å². The molecule has 0 amide bonds. The highest BCUT2D eigenvalue weighted by Crippen LogP contribution is 2.26. The third-order valence-electron chi connectivity index (χ3n) is 2.63. The summed E-state index contributed by atoms with van der Waals surface area (Å²) in [6.07, 6.45) is 0.649. The Hall–Kier alpha value is -2.67. The zero-order valence-electron chi connectivity index (χ0n) is 10.2. The molecule has 0 saturated carbocycles. The van der Waals surface area contributed by atoms with Gasteiger partial charge in [0.15, 0.2) is 0 Å². The molecule has 0 radical (unpaired) electrons. The maximum atomic E-state index is 13.4. The Morgan fingerprint density at radius 1 is 1.26 bits per heavy atom. The van der Waals surface area contributed by atoms with Gasteiger partial charge < -0.3 is 4.74 Å². The van der Waals surface area contributed by atoms with Crippen LogP contribution in [0.4, 0.5) is 4.39 Å². The summed E-state index contributed by atoms with van der Waals surface area (Å²) in [5.74, 6) is 0.218. The lowest BCUT2D eigenvalue weighted by molar-refractivity contribution is 0.112. The number of aryl methyl sites for hydroxylation is 1. The quantitative estimate of drug-likeness (QED) is 0.787. The first kappa shape index (κ1) is 12.8. The number of ether oxygens (including phenoxy) is 1. The van der Waals surface area contributed by atoms with Gasteiger partial charge in [-0.25, -0.2) is 4.39 Å². The monoisotopic (exact) mass is 255 g/mol. The average Bonchev–Trinajstić information content (AvgIpc) is 2.43. The molecule has 2 aromatic carbocycles. The summed E-state index contributed by atoms with van der Waals surface area (Å²) >= 11 is 0. The maximum absolute atomic E-state index is 13.4. The first-order chi connectivity index (χ1) is 9.13. The number of aldehydes is 1. The van der Waals surface area contributed by atoms with Crippen LogP contribution in [0.15, 0.2) is 36.4 Å². The molecule has 2 aromatic rings. The van der Waals surface area contributed by atoms with Gasteiger partial charge in [-0.1, -0.05) is 6.07 Å². The molecule has 19 heavy (non-hydrogen) atoms. The van der Waals surface area contributed by atoms with E-state index in [0.717, 1.165) is 0 Å². The van der Waals surface area contributed by atoms with Crippen LogP contribution >= 0.6 is 0 Å². The zero-order chi connectivity index (χ0) is 13.8. The number of benzene rings is 2. The van der Waals surface area contributed by atoms with Crippen molar-refractivity contribution in [2.45, 2.75) is 6.92 Å². The van der Waals surface area contributed by atoms with Gasteiger partial charge in [-0.15, -0.1) is 0 Å². The van der Waals surface area contributed by atoms with Crippen molar-refractivity contribution >= 4 is 6.29 Å². The average molecular weight is 255 g/mol. The normalized spacial score (nSPS) is 9.74. The first-order valence-electron chi connectivity index (χ1n) is 5.57. The van der Waals surface area contributed by atoms with Gasteiger partial charge in [-0.2, -0.15) is 5.26 Å². The Bertz CT molecular complexity index is 674. The van der Waals surface area contributed by atoms with E-state index in [1.165, 1.54) is 24.3 Å². The van der Waals surface area contributed by atoms with E-state index in [4.69, 9.17) is 10.00 Å². The summed E-state index contributed by atoms with van der Waals surface area (Å²) < 4.78 is 18.8. The van der Waals surface area contributed by atoms with E-state index in [0.29, 0.717) is 23.2 Å². The molecule has 0 aliphatic rings. The molecule has 0 fully saturated rings. The Morgan fingerprint density at radius 2 is 2.05 bits per heavy atom. The van der Waals surface area contributed by atoms with E-state index in [9.17, 15) is 9.18 Å². The molecule has 3 nitrogen and oxygen atoms in total. The van der Waals surface area contributed by atoms with Crippen LogP contribution in [0.5, 0.6) is 11.5 Å². The van der Waals surface area contributed by atoms with Gasteiger partial charge in [0.1, 0.15) is 29.7 Å². The summed E-state index contributed by atoms with van der Waals surface area (Å²) in [5.41, 5.74) is 1.13. The van der Waals surface area contributed by atoms with Crippen LogP contribution in [0.3, 0.4) is 0 Å². The highest BCUT2D eigenvalue weighted by atomic mass is 19.1. The molecule has 0 atom stereocenters. The Morgan fingerprint density at radius 3 is 2.68 bits per heavy atom. The summed E-state index contributed by atoms with van der Waals surface area (Å²) in [6, 6.07) is 10.9. The molecular formula is C15H10FNO2. The zero-order valence-corrected chi connectivity index (χ0v) is 10.2. The lowest BCUT2D eigenvalue weighted by Crippen LogP contribution is -1.92. The third kappa shape index (κ3) is 2.78. The number of nitriles is 1. The highest BCUT2D eigenvalue weighted by Gasteiger charge is 2.07. The third-order valence-corrected chi connectivity index (χ3v) is 2.63. The topological polar surface area (TPSA) is 50.1 Å². The van der Waals surface area contributed by atoms with Crippen molar-refractivity contribution in [1.29, 1.82) is 5.26 Å². The van der Waals surface area contributed by atoms with Crippen molar-refractivity contribution in [1.82, 2.24) is 0 Å². The molecule has 0 spiro atoms. The smallest absolute Gasteiger partial charge is 0.150 e. The summed E-state index contributed by atoms with van der Waals surface area (Å²) in [5, 5.41) is 9.00. The highest BCUT2D eigenvalue weighted by molar-refractivity contribution is 5.76. The molecule has 0 aromatic heterocycles. The molecule has 0 bridgehead atoms. The fraction of sp³-hybridized carbons (Fsp3) is 0.0667. The lowest BCUT2D eigenvalue weighted by Gasteiger charge is -2.08. The second-order valence-electron chi connectivity index (χ2n) is 4.00. The van der Waals surface area contributed by atoms with Gasteiger partial charge in [0, 0.05) is 11.6 Å². The molecule has 0 aliphatic carbocycles. The fourth-order valence-corrected chi connectivity index (χ4v) is 1.56. The van der Waals surface area contributed by atoms with E-state index >= 15 is 0 Å². The summed E-state index contributed by atoms with van der Waals surface area (Å²) in [6.45, 7) is 1.65. The van der Waals surface area contributed by atoms with Crippen molar-refractivity contribution in [2.24, 2.45) is 0 Å². The van der Waals surface area contributed by atoms with Gasteiger partial charge >= 0.3 is 0 Å². The van der Waals surface area contributed by atoms with Crippen LogP contribution in [0.1, 0.15) is 21.5 Å². The summed E-state index contributed by atoms with van der Waals surface area (Å²) in [7, 11) is 0. The minimum absolute atomic E-state index is 0.227. The lowest BCUT2D eigenvalue weighted by atomic mass is 10.1. The van der Waals surface area contributed by atoms with Crippen molar-refractivity contribution in [3.63, 3.8) is 0 Å². The van der Waals surface area contributed by atoms with E-state index in [-0.39, 0.29) is 17.1 Å². The van der Waals surface area contributed by atoms with Gasteiger partial charge in [0.25, 0.3) is 0 Å². The molecule has 2 rings (SSSR count). The van der Waals surface area contributed by atoms with Crippen LogP contribution in [0, 0.1) is 24.1 Å². The SMILES string of the molecule is Cc1ccc(Oc2ccc(C=O)cc2C#N)cc1F. The number of hydrogen-bond donors (Lipinski definition) is 0. The molecular weight excluding hydrogens is 245 g/mol. The molecule has 0 N–H and O–H groups in total. The van der Waals surface area contributed by atoms with Crippen molar-refractivity contribution < 1.29 is 13.9 Å². The van der Waals surface area contributed by atoms with Crippen LogP contribution in [-0.4, -0.2) is 6.29 Å². The Kier molecular flexibility index (Phi) is 3.58. The van der Waals surface area contributed by atoms with Crippen LogP contribution in [0.2, 0.25) is 0 Å². The Labute approximate surface area is 109 Å². The number of halogens is 1. The number of carbonyl (C=O) groups excluding carboxylic acids is 1. The number of rotatable bonds is 3. The molecule has 0 saturated heterocycles. The number of nitrogens with zero attached hydrogens (tertiary/aromatic N) is 1. The molecule has 0 aliphatic heterocycles. The van der Waals surface area contributed by atoms with Crippen molar-refractivity contribution in [3.05, 3.63) is 58.9 Å². The van der Waals surface area contributed by atoms with E-state index in [2.05, 4.69) is 0 Å². The Balaban J connectivity index is 2.35. The second kappa shape index (κ2) is 5.32. The van der Waals surface area contributed by atoms with Crippen LogP contribution in [0.25, 0.3) is 0 Å². The number of carbonyl (C=O) groups is 1.